The zero-order chi connectivity index (χ0) is 14.9. The van der Waals surface area contributed by atoms with Crippen LogP contribution in [-0.4, -0.2) is 35.5 Å². The molecule has 1 aliphatic rings. The van der Waals surface area contributed by atoms with Crippen LogP contribution in [0.25, 0.3) is 0 Å². The molecule has 1 heterocycles. The zero-order valence-electron chi connectivity index (χ0n) is 12.0. The number of halogens is 1. The fourth-order valence-corrected chi connectivity index (χ4v) is 3.16. The van der Waals surface area contributed by atoms with Crippen LogP contribution in [0.4, 0.5) is 11.4 Å². The maximum absolute atomic E-state index is 10.7. The van der Waals surface area contributed by atoms with Gasteiger partial charge < -0.3 is 10.2 Å². The lowest BCUT2D eigenvalue weighted by Crippen LogP contribution is -2.48. The summed E-state index contributed by atoms with van der Waals surface area (Å²) in [6.45, 7) is 5.52. The summed E-state index contributed by atoms with van der Waals surface area (Å²) in [5.41, 5.74) is 1.02. The van der Waals surface area contributed by atoms with Crippen LogP contribution in [0, 0.1) is 16.0 Å². The fraction of sp³-hybridized carbons (Fsp3) is 0.571. The molecule has 0 saturated carbocycles. The summed E-state index contributed by atoms with van der Waals surface area (Å²) in [6, 6.07) is 5.79. The van der Waals surface area contributed by atoms with E-state index in [0.717, 1.165) is 23.1 Å². The lowest BCUT2D eigenvalue weighted by molar-refractivity contribution is -0.384. The van der Waals surface area contributed by atoms with Crippen LogP contribution < -0.4 is 5.32 Å². The number of nitro benzene ring substituents is 1. The maximum atomic E-state index is 10.7. The Labute approximate surface area is 127 Å². The molecule has 6 heteroatoms. The molecule has 1 aliphatic heterocycles. The number of piperidine rings is 1. The van der Waals surface area contributed by atoms with Crippen molar-refractivity contribution >= 4 is 27.3 Å². The van der Waals surface area contributed by atoms with Gasteiger partial charge in [-0.15, -0.1) is 0 Å². The van der Waals surface area contributed by atoms with Gasteiger partial charge in [-0.25, -0.2) is 0 Å². The third-order valence-corrected chi connectivity index (χ3v) is 4.77. The molecule has 0 radical (unpaired) electrons. The molecule has 0 bridgehead atoms. The van der Waals surface area contributed by atoms with Crippen molar-refractivity contribution in [1.82, 2.24) is 4.90 Å². The molecule has 1 aromatic rings. The van der Waals surface area contributed by atoms with Crippen molar-refractivity contribution in [3.63, 3.8) is 0 Å². The topological polar surface area (TPSA) is 58.4 Å². The Morgan fingerprint density at radius 1 is 1.45 bits per heavy atom. The van der Waals surface area contributed by atoms with Crippen LogP contribution in [0.15, 0.2) is 22.7 Å². The average molecular weight is 342 g/mol. The number of nitrogens with one attached hydrogen (secondary N) is 1. The summed E-state index contributed by atoms with van der Waals surface area (Å²) in [7, 11) is 2.15. The van der Waals surface area contributed by atoms with Crippen LogP contribution in [-0.2, 0) is 0 Å². The average Bonchev–Trinajstić information content (AvgIpc) is 2.37. The van der Waals surface area contributed by atoms with Crippen molar-refractivity contribution in [2.75, 3.05) is 18.9 Å². The number of anilines is 1. The van der Waals surface area contributed by atoms with Crippen LogP contribution in [0.2, 0.25) is 0 Å². The van der Waals surface area contributed by atoms with Gasteiger partial charge in [-0.3, -0.25) is 10.1 Å². The van der Waals surface area contributed by atoms with Crippen molar-refractivity contribution < 1.29 is 4.92 Å². The Morgan fingerprint density at radius 2 is 2.15 bits per heavy atom. The first-order valence-corrected chi connectivity index (χ1v) is 7.58. The molecule has 110 valence electrons. The molecule has 0 amide bonds. The number of nitrogens with zero attached hydrogens (tertiary/aromatic N) is 2. The molecule has 20 heavy (non-hydrogen) atoms. The van der Waals surface area contributed by atoms with Gasteiger partial charge in [0.2, 0.25) is 0 Å². The van der Waals surface area contributed by atoms with Gasteiger partial charge in [-0.1, -0.05) is 6.92 Å². The number of hydrogen-bond acceptors (Lipinski definition) is 4. The molecule has 3 atom stereocenters. The Morgan fingerprint density at radius 3 is 2.75 bits per heavy atom. The quantitative estimate of drug-likeness (QED) is 0.675. The van der Waals surface area contributed by atoms with Crippen LogP contribution in [0.3, 0.4) is 0 Å². The normalized spacial score (nSPS) is 27.3. The molecule has 1 N–H and O–H groups in total. The van der Waals surface area contributed by atoms with E-state index in [2.05, 4.69) is 47.0 Å². The third-order valence-electron chi connectivity index (χ3n) is 4.11. The van der Waals surface area contributed by atoms with Crippen molar-refractivity contribution in [2.45, 2.75) is 32.4 Å². The molecule has 0 aliphatic carbocycles. The van der Waals surface area contributed by atoms with Gasteiger partial charge in [-0.2, -0.15) is 0 Å². The summed E-state index contributed by atoms with van der Waals surface area (Å²) in [6.07, 6.45) is 1.07. The molecule has 1 fully saturated rings. The fourth-order valence-electron chi connectivity index (χ4n) is 2.68. The Hall–Kier alpha value is -1.14. The van der Waals surface area contributed by atoms with Gasteiger partial charge in [0.1, 0.15) is 0 Å². The van der Waals surface area contributed by atoms with Gasteiger partial charge in [0.25, 0.3) is 5.69 Å². The monoisotopic (exact) mass is 341 g/mol. The second kappa shape index (κ2) is 6.10. The molecule has 3 unspecified atom stereocenters. The van der Waals surface area contributed by atoms with E-state index < -0.39 is 0 Å². The lowest BCUT2D eigenvalue weighted by Gasteiger charge is -2.40. The Kier molecular flexibility index (Phi) is 4.65. The first kappa shape index (κ1) is 15.3. The van der Waals surface area contributed by atoms with Gasteiger partial charge in [0.05, 0.1) is 4.92 Å². The summed E-state index contributed by atoms with van der Waals surface area (Å²) < 4.78 is 0.741. The van der Waals surface area contributed by atoms with Gasteiger partial charge >= 0.3 is 0 Å². The van der Waals surface area contributed by atoms with E-state index in [1.165, 1.54) is 6.07 Å². The second-order valence-electron chi connectivity index (χ2n) is 5.67. The van der Waals surface area contributed by atoms with Crippen molar-refractivity contribution in [3.05, 3.63) is 32.8 Å². The summed E-state index contributed by atoms with van der Waals surface area (Å²) >= 11 is 3.41. The van der Waals surface area contributed by atoms with Gasteiger partial charge in [0.15, 0.2) is 0 Å². The number of benzene rings is 1. The minimum Gasteiger partial charge on any atom is -0.381 e. The minimum atomic E-state index is -0.380. The Bertz CT molecular complexity index is 509. The molecule has 5 nitrogen and oxygen atoms in total. The van der Waals surface area contributed by atoms with Crippen molar-refractivity contribution in [2.24, 2.45) is 5.92 Å². The predicted molar refractivity (Wildman–Crippen MR) is 84.1 cm³/mol. The highest BCUT2D eigenvalue weighted by Crippen LogP contribution is 2.30. The van der Waals surface area contributed by atoms with E-state index in [4.69, 9.17) is 0 Å². The molecule has 0 spiro atoms. The molecular weight excluding hydrogens is 322 g/mol. The van der Waals surface area contributed by atoms with E-state index in [1.54, 1.807) is 12.1 Å². The molecule has 1 aromatic carbocycles. The first-order valence-electron chi connectivity index (χ1n) is 6.79. The number of non-ortho nitro benzene ring substituents is 1. The van der Waals surface area contributed by atoms with E-state index >= 15 is 0 Å². The standard InChI is InChI=1S/C14H20BrN3O2/c1-9-8-17(3)10(2)6-14(9)16-13-5-4-11(18(19)20)7-12(13)15/h4-5,7,9-10,14,16H,6,8H2,1-3H3. The van der Waals surface area contributed by atoms with Gasteiger partial charge in [-0.05, 0) is 48.3 Å². The highest BCUT2D eigenvalue weighted by Gasteiger charge is 2.29. The minimum absolute atomic E-state index is 0.104. The molecular formula is C14H20BrN3O2. The lowest BCUT2D eigenvalue weighted by atomic mass is 9.89. The molecule has 0 aromatic heterocycles. The highest BCUT2D eigenvalue weighted by molar-refractivity contribution is 9.10. The largest absolute Gasteiger partial charge is 0.381 e. The van der Waals surface area contributed by atoms with Crippen LogP contribution in [0.5, 0.6) is 0 Å². The van der Waals surface area contributed by atoms with E-state index in [9.17, 15) is 10.1 Å². The maximum Gasteiger partial charge on any atom is 0.270 e. The SMILES string of the molecule is CC1CN(C)C(C)CC1Nc1ccc([N+](=O)[O-])cc1Br. The highest BCUT2D eigenvalue weighted by atomic mass is 79.9. The predicted octanol–water partition coefficient (Wildman–Crippen LogP) is 3.50. The molecule has 2 rings (SSSR count). The number of likely N-dealkylation sites (tertiary alicyclic amines) is 1. The van der Waals surface area contributed by atoms with E-state index in [1.807, 2.05) is 0 Å². The number of nitro groups is 1. The number of hydrogen-bond donors (Lipinski definition) is 1. The van der Waals surface area contributed by atoms with E-state index in [0.29, 0.717) is 18.0 Å². The smallest absolute Gasteiger partial charge is 0.270 e. The van der Waals surface area contributed by atoms with Crippen molar-refractivity contribution in [1.29, 1.82) is 0 Å². The van der Waals surface area contributed by atoms with E-state index in [-0.39, 0.29) is 10.6 Å². The third kappa shape index (κ3) is 3.30. The summed E-state index contributed by atoms with van der Waals surface area (Å²) in [4.78, 5) is 12.7. The van der Waals surface area contributed by atoms with Gasteiger partial charge in [0, 0.05) is 40.9 Å². The van der Waals surface area contributed by atoms with Crippen LogP contribution >= 0.6 is 15.9 Å². The summed E-state index contributed by atoms with van der Waals surface area (Å²) in [5.74, 6) is 0.540. The molecule has 1 saturated heterocycles. The zero-order valence-corrected chi connectivity index (χ0v) is 13.6. The van der Waals surface area contributed by atoms with Crippen molar-refractivity contribution in [3.8, 4) is 0 Å². The summed E-state index contributed by atoms with van der Waals surface area (Å²) in [5, 5.41) is 14.3. The van der Waals surface area contributed by atoms with Crippen LogP contribution in [0.1, 0.15) is 20.3 Å². The Balaban J connectivity index is 2.12. The number of rotatable bonds is 3. The second-order valence-corrected chi connectivity index (χ2v) is 6.53. The first-order chi connectivity index (χ1) is 9.38.